The van der Waals surface area contributed by atoms with Gasteiger partial charge in [0.2, 0.25) is 5.91 Å². The second kappa shape index (κ2) is 8.12. The average molecular weight is 444 g/mol. The van der Waals surface area contributed by atoms with Gasteiger partial charge < -0.3 is 14.6 Å². The summed E-state index contributed by atoms with van der Waals surface area (Å²) in [5, 5.41) is 3.59. The molecule has 1 aliphatic rings. The fraction of sp³-hybridized carbons (Fsp3) is 0.240. The fourth-order valence-electron chi connectivity index (χ4n) is 4.73. The van der Waals surface area contributed by atoms with Crippen LogP contribution < -0.4 is 15.9 Å². The number of nitrogens with zero attached hydrogens (tertiary/aromatic N) is 2. The highest BCUT2D eigenvalue weighted by atomic mass is 16.5. The van der Waals surface area contributed by atoms with E-state index >= 15 is 0 Å². The van der Waals surface area contributed by atoms with E-state index in [1.165, 1.54) is 11.6 Å². The Morgan fingerprint density at radius 1 is 1.12 bits per heavy atom. The molecule has 8 heteroatoms. The summed E-state index contributed by atoms with van der Waals surface area (Å²) < 4.78 is 6.48. The van der Waals surface area contributed by atoms with Crippen LogP contribution in [0, 0.1) is 6.92 Å². The van der Waals surface area contributed by atoms with Gasteiger partial charge in [-0.05, 0) is 48.2 Å². The van der Waals surface area contributed by atoms with Crippen molar-refractivity contribution in [2.75, 3.05) is 13.7 Å². The van der Waals surface area contributed by atoms with Gasteiger partial charge >= 0.3 is 0 Å². The first kappa shape index (κ1) is 20.8. The van der Waals surface area contributed by atoms with Crippen LogP contribution in [-0.2, 0) is 17.8 Å². The van der Waals surface area contributed by atoms with E-state index in [2.05, 4.69) is 16.1 Å². The second-order valence-corrected chi connectivity index (χ2v) is 8.27. The van der Waals surface area contributed by atoms with E-state index in [-0.39, 0.29) is 18.5 Å². The predicted octanol–water partition coefficient (Wildman–Crippen LogP) is 2.51. The van der Waals surface area contributed by atoms with E-state index in [9.17, 15) is 14.4 Å². The number of aromatic nitrogens is 3. The van der Waals surface area contributed by atoms with E-state index in [1.54, 1.807) is 12.0 Å². The van der Waals surface area contributed by atoms with Crippen LogP contribution in [0.25, 0.3) is 10.9 Å². The van der Waals surface area contributed by atoms with Crippen LogP contribution in [0.15, 0.2) is 64.2 Å². The van der Waals surface area contributed by atoms with Crippen molar-refractivity contribution < 1.29 is 9.53 Å². The molecular formula is C25H24N4O4. The molecule has 0 saturated carbocycles. The number of carbonyl (C=O) groups is 1. The summed E-state index contributed by atoms with van der Waals surface area (Å²) in [4.78, 5) is 42.6. The van der Waals surface area contributed by atoms with Gasteiger partial charge in [0.1, 0.15) is 12.3 Å². The number of ether oxygens (including phenoxy) is 1. The summed E-state index contributed by atoms with van der Waals surface area (Å²) in [6, 6.07) is 16.0. The topological polar surface area (TPSA) is 100 Å². The van der Waals surface area contributed by atoms with E-state index in [4.69, 9.17) is 4.74 Å². The minimum atomic E-state index is -0.429. The van der Waals surface area contributed by atoms with Crippen molar-refractivity contribution in [1.82, 2.24) is 19.7 Å². The van der Waals surface area contributed by atoms with Gasteiger partial charge in [0.15, 0.2) is 0 Å². The summed E-state index contributed by atoms with van der Waals surface area (Å²) in [7, 11) is 1.63. The molecule has 8 nitrogen and oxygen atoms in total. The fourth-order valence-corrected chi connectivity index (χ4v) is 4.73. The van der Waals surface area contributed by atoms with Gasteiger partial charge in [-0.3, -0.25) is 19.5 Å². The first-order valence-corrected chi connectivity index (χ1v) is 10.8. The Balaban J connectivity index is 1.61. The van der Waals surface area contributed by atoms with E-state index in [1.807, 2.05) is 43.3 Å². The molecule has 1 amide bonds. The average Bonchev–Trinajstić information content (AvgIpc) is 3.19. The zero-order chi connectivity index (χ0) is 23.1. The molecule has 5 rings (SSSR count). The molecular weight excluding hydrogens is 420 g/mol. The summed E-state index contributed by atoms with van der Waals surface area (Å²) in [6.45, 7) is 2.23. The normalized spacial score (nSPS) is 15.5. The summed E-state index contributed by atoms with van der Waals surface area (Å²) in [5.74, 6) is 0.527. The molecule has 2 N–H and O–H groups in total. The number of fused-ring (bicyclic) bond motifs is 3. The number of para-hydroxylation sites is 1. The van der Waals surface area contributed by atoms with Crippen LogP contribution >= 0.6 is 0 Å². The molecule has 1 aliphatic heterocycles. The first-order valence-electron chi connectivity index (χ1n) is 10.8. The lowest BCUT2D eigenvalue weighted by atomic mass is 9.91. The molecule has 2 aromatic carbocycles. The van der Waals surface area contributed by atoms with E-state index < -0.39 is 11.1 Å². The molecule has 0 unspecified atom stereocenters. The van der Waals surface area contributed by atoms with Crippen molar-refractivity contribution >= 4 is 16.8 Å². The van der Waals surface area contributed by atoms with Gasteiger partial charge in [-0.2, -0.15) is 0 Å². The Morgan fingerprint density at radius 3 is 2.73 bits per heavy atom. The molecule has 0 bridgehead atoms. The van der Waals surface area contributed by atoms with Crippen LogP contribution in [0.5, 0.6) is 5.75 Å². The number of hydrogen-bond donors (Lipinski definition) is 2. The number of hydrogen-bond acceptors (Lipinski definition) is 4. The third-order valence-electron chi connectivity index (χ3n) is 6.27. The first-order chi connectivity index (χ1) is 16.0. The second-order valence-electron chi connectivity index (χ2n) is 8.27. The molecule has 3 heterocycles. The minimum absolute atomic E-state index is 0.240. The predicted molar refractivity (Wildman–Crippen MR) is 125 cm³/mol. The van der Waals surface area contributed by atoms with E-state index in [0.29, 0.717) is 13.0 Å². The highest BCUT2D eigenvalue weighted by Crippen LogP contribution is 2.39. The lowest BCUT2D eigenvalue weighted by Crippen LogP contribution is -2.44. The van der Waals surface area contributed by atoms with Crippen LogP contribution in [0.2, 0.25) is 0 Å². The van der Waals surface area contributed by atoms with Crippen LogP contribution in [0.1, 0.15) is 28.4 Å². The quantitative estimate of drug-likeness (QED) is 0.505. The number of methoxy groups -OCH3 is 1. The third-order valence-corrected chi connectivity index (χ3v) is 6.27. The third kappa shape index (κ3) is 3.63. The number of nitrogens with one attached hydrogen (secondary N) is 2. The van der Waals surface area contributed by atoms with Crippen molar-refractivity contribution in [2.45, 2.75) is 25.9 Å². The SMILES string of the molecule is COc1ccc([C@@H]2c3[nH]c4ccccc4c3CCN2C(=O)Cn2[nH]c(=O)ccc2=O)cc1C. The number of rotatable bonds is 4. The maximum atomic E-state index is 13.5. The van der Waals surface area contributed by atoms with Crippen molar-refractivity contribution in [3.63, 3.8) is 0 Å². The van der Waals surface area contributed by atoms with Gasteiger partial charge in [0.25, 0.3) is 11.1 Å². The van der Waals surface area contributed by atoms with E-state index in [0.717, 1.165) is 44.2 Å². The smallest absolute Gasteiger partial charge is 0.265 e. The molecule has 0 spiro atoms. The molecule has 1 atom stereocenters. The number of benzene rings is 2. The maximum absolute atomic E-state index is 13.5. The molecule has 0 saturated heterocycles. The van der Waals surface area contributed by atoms with Crippen molar-refractivity contribution in [3.05, 3.63) is 97.7 Å². The highest BCUT2D eigenvalue weighted by Gasteiger charge is 2.34. The van der Waals surface area contributed by atoms with Crippen LogP contribution in [0.3, 0.4) is 0 Å². The maximum Gasteiger partial charge on any atom is 0.265 e. The van der Waals surface area contributed by atoms with Crippen LogP contribution in [-0.4, -0.2) is 39.2 Å². The van der Waals surface area contributed by atoms with Crippen molar-refractivity contribution in [2.24, 2.45) is 0 Å². The van der Waals surface area contributed by atoms with Gasteiger partial charge in [-0.1, -0.05) is 24.3 Å². The van der Waals surface area contributed by atoms with Gasteiger partial charge in [0.05, 0.1) is 13.2 Å². The largest absolute Gasteiger partial charge is 0.496 e. The van der Waals surface area contributed by atoms with Crippen molar-refractivity contribution in [3.8, 4) is 5.75 Å². The zero-order valence-electron chi connectivity index (χ0n) is 18.4. The Hall–Kier alpha value is -4.07. The Bertz CT molecular complexity index is 1480. The van der Waals surface area contributed by atoms with Crippen LogP contribution in [0.4, 0.5) is 0 Å². The number of carbonyl (C=O) groups excluding carboxylic acids is 1. The number of aryl methyl sites for hydroxylation is 1. The highest BCUT2D eigenvalue weighted by molar-refractivity contribution is 5.86. The summed E-state index contributed by atoms with van der Waals surface area (Å²) in [6.07, 6.45) is 0.691. The van der Waals surface area contributed by atoms with Crippen molar-refractivity contribution in [1.29, 1.82) is 0 Å². The Kier molecular flexibility index (Phi) is 5.12. The number of aromatic amines is 2. The van der Waals surface area contributed by atoms with Gasteiger partial charge in [-0.25, -0.2) is 4.68 Å². The standard InChI is InChI=1S/C25H24N4O4/c1-15-13-16(7-8-20(15)33-2)25-24-18(17-5-3-4-6-19(17)26-24)11-12-28(25)23(32)14-29-22(31)10-9-21(30)27-29/h3-10,13,25-26H,11-12,14H2,1-2H3,(H,27,30)/t25-/m1/s1. The minimum Gasteiger partial charge on any atom is -0.496 e. The Labute approximate surface area is 189 Å². The summed E-state index contributed by atoms with van der Waals surface area (Å²) >= 11 is 0. The monoisotopic (exact) mass is 444 g/mol. The molecule has 0 radical (unpaired) electrons. The summed E-state index contributed by atoms with van der Waals surface area (Å²) in [5.41, 5.74) is 4.24. The molecule has 2 aromatic heterocycles. The molecule has 0 aliphatic carbocycles. The molecule has 168 valence electrons. The lowest BCUT2D eigenvalue weighted by molar-refractivity contribution is -0.134. The number of amides is 1. The molecule has 4 aromatic rings. The Morgan fingerprint density at radius 2 is 1.94 bits per heavy atom. The lowest BCUT2D eigenvalue weighted by Gasteiger charge is -2.36. The number of H-pyrrole nitrogens is 2. The molecule has 33 heavy (non-hydrogen) atoms. The van der Waals surface area contributed by atoms with Gasteiger partial charge in [0, 0.05) is 35.3 Å². The zero-order valence-corrected chi connectivity index (χ0v) is 18.4. The van der Waals surface area contributed by atoms with Gasteiger partial charge in [-0.15, -0.1) is 0 Å². The molecule has 0 fully saturated rings.